The Morgan fingerprint density at radius 3 is 2.61 bits per heavy atom. The number of ether oxygens (including phenoxy) is 1. The molecule has 1 fully saturated rings. The predicted octanol–water partition coefficient (Wildman–Crippen LogP) is 2.18. The largest absolute Gasteiger partial charge is 0.425 e. The zero-order chi connectivity index (χ0) is 13.1. The summed E-state index contributed by atoms with van der Waals surface area (Å²) in [7, 11) is 0. The first-order valence-corrected chi connectivity index (χ1v) is 6.04. The Morgan fingerprint density at radius 1 is 1.44 bits per heavy atom. The molecule has 0 spiro atoms. The molecule has 2 rings (SSSR count). The monoisotopic (exact) mass is 255 g/mol. The van der Waals surface area contributed by atoms with Gasteiger partial charge in [0.15, 0.2) is 0 Å². The van der Waals surface area contributed by atoms with Crippen LogP contribution in [-0.4, -0.2) is 18.6 Å². The van der Waals surface area contributed by atoms with E-state index in [0.29, 0.717) is 6.42 Å². The van der Waals surface area contributed by atoms with Gasteiger partial charge in [0.05, 0.1) is 0 Å². The molecule has 18 heavy (non-hydrogen) atoms. The number of carbonyl (C=O) groups is 1. The molecule has 1 aliphatic rings. The van der Waals surface area contributed by atoms with Gasteiger partial charge < -0.3 is 10.1 Å². The van der Waals surface area contributed by atoms with Crippen LogP contribution < -0.4 is 10.1 Å². The zero-order valence-electron chi connectivity index (χ0n) is 10.1. The average molecular weight is 255 g/mol. The highest BCUT2D eigenvalue weighted by molar-refractivity contribution is 5.78. The fourth-order valence-corrected chi connectivity index (χ4v) is 2.05. The first-order valence-electron chi connectivity index (χ1n) is 6.04. The maximum absolute atomic E-state index is 13.5. The van der Waals surface area contributed by atoms with Gasteiger partial charge in [0.25, 0.3) is 0 Å². The van der Waals surface area contributed by atoms with Crippen molar-refractivity contribution in [3.63, 3.8) is 0 Å². The third-order valence-electron chi connectivity index (χ3n) is 3.03. The van der Waals surface area contributed by atoms with Crippen LogP contribution in [0.15, 0.2) is 12.1 Å². The third kappa shape index (κ3) is 2.67. The number of rotatable bonds is 3. The van der Waals surface area contributed by atoms with E-state index in [1.54, 1.807) is 6.92 Å². The van der Waals surface area contributed by atoms with Gasteiger partial charge in [-0.25, -0.2) is 13.6 Å². The van der Waals surface area contributed by atoms with E-state index >= 15 is 0 Å². The molecule has 0 radical (unpaired) electrons. The topological polar surface area (TPSA) is 38.3 Å². The fourth-order valence-electron chi connectivity index (χ4n) is 2.05. The highest BCUT2D eigenvalue weighted by Crippen LogP contribution is 2.22. The summed E-state index contributed by atoms with van der Waals surface area (Å²) in [5.74, 6) is -1.93. The van der Waals surface area contributed by atoms with Crippen LogP contribution in [0.1, 0.15) is 25.3 Å². The van der Waals surface area contributed by atoms with Crippen molar-refractivity contribution in [2.75, 3.05) is 6.54 Å². The highest BCUT2D eigenvalue weighted by Gasteiger charge is 2.24. The molecule has 1 aromatic carbocycles. The molecule has 5 heteroatoms. The Morgan fingerprint density at radius 2 is 2.11 bits per heavy atom. The molecule has 0 saturated carbocycles. The molecule has 98 valence electrons. The maximum Gasteiger partial charge on any atom is 0.328 e. The second kappa shape index (κ2) is 5.44. The molecule has 3 nitrogen and oxygen atoms in total. The standard InChI is InChI=1S/C13H15F2NO2/c1-2-9-10(14)6-8(7-11(9)15)18-13(17)12-4-3-5-16-12/h6-7,12,16H,2-5H2,1H3. The van der Waals surface area contributed by atoms with Gasteiger partial charge >= 0.3 is 5.97 Å². The number of hydrogen-bond acceptors (Lipinski definition) is 3. The summed E-state index contributed by atoms with van der Waals surface area (Å²) in [4.78, 5) is 11.7. The van der Waals surface area contributed by atoms with Crippen molar-refractivity contribution < 1.29 is 18.3 Å². The van der Waals surface area contributed by atoms with Crippen LogP contribution in [0.25, 0.3) is 0 Å². The van der Waals surface area contributed by atoms with Gasteiger partial charge in [-0.2, -0.15) is 0 Å². The van der Waals surface area contributed by atoms with Crippen molar-refractivity contribution in [3.05, 3.63) is 29.3 Å². The molecular weight excluding hydrogens is 240 g/mol. The van der Waals surface area contributed by atoms with Crippen molar-refractivity contribution >= 4 is 5.97 Å². The van der Waals surface area contributed by atoms with Gasteiger partial charge in [-0.15, -0.1) is 0 Å². The first kappa shape index (κ1) is 13.0. The predicted molar refractivity (Wildman–Crippen MR) is 62.4 cm³/mol. The SMILES string of the molecule is CCc1c(F)cc(OC(=O)C2CCCN2)cc1F. The van der Waals surface area contributed by atoms with Crippen LogP contribution in [0.5, 0.6) is 5.75 Å². The summed E-state index contributed by atoms with van der Waals surface area (Å²) in [6.07, 6.45) is 1.85. The Bertz CT molecular complexity index is 433. The Hall–Kier alpha value is -1.49. The van der Waals surface area contributed by atoms with Gasteiger partial charge in [0.1, 0.15) is 23.4 Å². The smallest absolute Gasteiger partial charge is 0.328 e. The third-order valence-corrected chi connectivity index (χ3v) is 3.03. The lowest BCUT2D eigenvalue weighted by molar-refractivity contribution is -0.136. The highest BCUT2D eigenvalue weighted by atomic mass is 19.1. The minimum Gasteiger partial charge on any atom is -0.425 e. The molecule has 1 unspecified atom stereocenters. The number of carbonyl (C=O) groups excluding carboxylic acids is 1. The average Bonchev–Trinajstić information content (AvgIpc) is 2.81. The zero-order valence-corrected chi connectivity index (χ0v) is 10.1. The van der Waals surface area contributed by atoms with Crippen molar-refractivity contribution in [1.82, 2.24) is 5.32 Å². The summed E-state index contributed by atoms with van der Waals surface area (Å²) >= 11 is 0. The molecule has 0 amide bonds. The lowest BCUT2D eigenvalue weighted by atomic mass is 10.1. The van der Waals surface area contributed by atoms with Crippen molar-refractivity contribution in [2.45, 2.75) is 32.2 Å². The number of benzene rings is 1. The summed E-state index contributed by atoms with van der Waals surface area (Å²) in [5, 5.41) is 2.97. The normalized spacial score (nSPS) is 18.9. The molecule has 0 bridgehead atoms. The van der Waals surface area contributed by atoms with Crippen molar-refractivity contribution in [2.24, 2.45) is 0 Å². The van der Waals surface area contributed by atoms with Gasteiger partial charge in [0, 0.05) is 17.7 Å². The van der Waals surface area contributed by atoms with E-state index in [4.69, 9.17) is 4.74 Å². The molecule has 1 aliphatic heterocycles. The van der Waals surface area contributed by atoms with Crippen LogP contribution in [0.3, 0.4) is 0 Å². The molecule has 0 aromatic heterocycles. The van der Waals surface area contributed by atoms with E-state index in [0.717, 1.165) is 25.1 Å². The molecule has 1 aromatic rings. The van der Waals surface area contributed by atoms with E-state index in [1.165, 1.54) is 0 Å². The van der Waals surface area contributed by atoms with Crippen LogP contribution in [0.4, 0.5) is 8.78 Å². The fraction of sp³-hybridized carbons (Fsp3) is 0.462. The van der Waals surface area contributed by atoms with Crippen molar-refractivity contribution in [3.8, 4) is 5.75 Å². The maximum atomic E-state index is 13.5. The Balaban J connectivity index is 2.12. The minimum absolute atomic E-state index is 0.00814. The van der Waals surface area contributed by atoms with Crippen LogP contribution in [-0.2, 0) is 11.2 Å². The van der Waals surface area contributed by atoms with E-state index in [9.17, 15) is 13.6 Å². The number of hydrogen-bond donors (Lipinski definition) is 1. The van der Waals surface area contributed by atoms with Gasteiger partial charge in [0.2, 0.25) is 0 Å². The lowest BCUT2D eigenvalue weighted by Crippen LogP contribution is -2.34. The number of halogens is 2. The lowest BCUT2D eigenvalue weighted by Gasteiger charge is -2.11. The van der Waals surface area contributed by atoms with E-state index in [2.05, 4.69) is 5.32 Å². The summed E-state index contributed by atoms with van der Waals surface area (Å²) in [5.41, 5.74) is 0.00814. The molecule has 0 aliphatic carbocycles. The summed E-state index contributed by atoms with van der Waals surface area (Å²) in [6, 6.07) is 1.73. The van der Waals surface area contributed by atoms with E-state index < -0.39 is 17.6 Å². The molecule has 1 heterocycles. The van der Waals surface area contributed by atoms with E-state index in [1.807, 2.05) is 0 Å². The summed E-state index contributed by atoms with van der Waals surface area (Å²) in [6.45, 7) is 2.42. The number of nitrogens with one attached hydrogen (secondary N) is 1. The molecule has 1 saturated heterocycles. The molecular formula is C13H15F2NO2. The van der Waals surface area contributed by atoms with E-state index in [-0.39, 0.29) is 23.8 Å². The van der Waals surface area contributed by atoms with Crippen LogP contribution in [0, 0.1) is 11.6 Å². The summed E-state index contributed by atoms with van der Waals surface area (Å²) < 4.78 is 32.0. The van der Waals surface area contributed by atoms with Crippen LogP contribution in [0.2, 0.25) is 0 Å². The first-order chi connectivity index (χ1) is 8.61. The van der Waals surface area contributed by atoms with Gasteiger partial charge in [-0.1, -0.05) is 6.92 Å². The van der Waals surface area contributed by atoms with Gasteiger partial charge in [-0.05, 0) is 25.8 Å². The number of esters is 1. The van der Waals surface area contributed by atoms with Crippen molar-refractivity contribution in [1.29, 1.82) is 0 Å². The molecule has 1 atom stereocenters. The minimum atomic E-state index is -0.681. The Labute approximate surface area is 104 Å². The van der Waals surface area contributed by atoms with Gasteiger partial charge in [-0.3, -0.25) is 0 Å². The molecule has 1 N–H and O–H groups in total. The Kier molecular flexibility index (Phi) is 3.91. The van der Waals surface area contributed by atoms with Crippen LogP contribution >= 0.6 is 0 Å². The quantitative estimate of drug-likeness (QED) is 0.664. The second-order valence-electron chi connectivity index (χ2n) is 4.29. The second-order valence-corrected chi connectivity index (χ2v) is 4.29.